The third-order valence-electron chi connectivity index (χ3n) is 2.62. The van der Waals surface area contributed by atoms with E-state index in [4.69, 9.17) is 22.4 Å². The highest BCUT2D eigenvalue weighted by Crippen LogP contribution is 2.26. The number of halogens is 1. The number of nitrogens with two attached hydrogens (primary N) is 1. The highest BCUT2D eigenvalue weighted by atomic mass is 35.5. The van der Waals surface area contributed by atoms with Crippen molar-refractivity contribution in [3.63, 3.8) is 0 Å². The molecule has 0 atom stereocenters. The average Bonchev–Trinajstić information content (AvgIpc) is 2.30. The van der Waals surface area contributed by atoms with Gasteiger partial charge in [0.1, 0.15) is 0 Å². The van der Waals surface area contributed by atoms with E-state index >= 15 is 0 Å². The molecule has 0 radical (unpaired) electrons. The van der Waals surface area contributed by atoms with E-state index in [-0.39, 0.29) is 21.0 Å². The number of carbonyl (C=O) groups excluding carboxylic acids is 1. The van der Waals surface area contributed by atoms with Gasteiger partial charge in [0.15, 0.2) is 0 Å². The Labute approximate surface area is 121 Å². The summed E-state index contributed by atoms with van der Waals surface area (Å²) < 4.78 is 25.3. The number of carboxylic acid groups (broad SMARTS) is 1. The van der Waals surface area contributed by atoms with E-state index < -0.39 is 28.4 Å². The minimum atomic E-state index is -4.06. The third kappa shape index (κ3) is 3.27. The number of carboxylic acids is 1. The van der Waals surface area contributed by atoms with Crippen LogP contribution in [0.15, 0.2) is 17.0 Å². The van der Waals surface area contributed by atoms with Crippen LogP contribution in [0.5, 0.6) is 0 Å². The lowest BCUT2D eigenvalue weighted by Crippen LogP contribution is -2.35. The number of nitrogens with zero attached hydrogens (tertiary/aromatic N) is 1. The fraction of sp³-hybridized carbons (Fsp3) is 0.273. The molecule has 0 aliphatic rings. The van der Waals surface area contributed by atoms with Crippen LogP contribution in [-0.4, -0.2) is 43.3 Å². The minimum absolute atomic E-state index is 0.0287. The Morgan fingerprint density at radius 3 is 2.40 bits per heavy atom. The molecule has 1 amide bonds. The molecule has 1 aromatic carbocycles. The molecule has 7 nitrogen and oxygen atoms in total. The number of benzene rings is 1. The van der Waals surface area contributed by atoms with Crippen LogP contribution in [0.25, 0.3) is 0 Å². The van der Waals surface area contributed by atoms with Crippen molar-refractivity contribution >= 4 is 33.5 Å². The predicted molar refractivity (Wildman–Crippen MR) is 72.2 cm³/mol. The monoisotopic (exact) mass is 320 g/mol. The number of primary amides is 1. The highest BCUT2D eigenvalue weighted by Gasteiger charge is 2.27. The van der Waals surface area contributed by atoms with Crippen LogP contribution in [-0.2, 0) is 14.8 Å². The van der Waals surface area contributed by atoms with Crippen molar-refractivity contribution in [2.45, 2.75) is 11.8 Å². The van der Waals surface area contributed by atoms with E-state index in [1.54, 1.807) is 0 Å². The fourth-order valence-electron chi connectivity index (χ4n) is 1.62. The molecule has 0 bridgehead atoms. The molecule has 110 valence electrons. The lowest BCUT2D eigenvalue weighted by Gasteiger charge is -2.18. The van der Waals surface area contributed by atoms with Crippen LogP contribution in [0.2, 0.25) is 5.02 Å². The Morgan fingerprint density at radius 2 is 1.95 bits per heavy atom. The van der Waals surface area contributed by atoms with Gasteiger partial charge in [-0.2, -0.15) is 4.31 Å². The standard InChI is InChI=1S/C11H13ClN2O5S/c1-6-8(11(16)17)3-7(12)4-9(6)20(18,19)14(2)5-10(13)15/h3-4H,5H2,1-2H3,(H2,13,15)(H,16,17). The van der Waals surface area contributed by atoms with Gasteiger partial charge in [-0.25, -0.2) is 13.2 Å². The summed E-state index contributed by atoms with van der Waals surface area (Å²) in [5.41, 5.74) is 4.77. The second-order valence-corrected chi connectivity index (χ2v) is 6.56. The van der Waals surface area contributed by atoms with Crippen molar-refractivity contribution in [2.75, 3.05) is 13.6 Å². The summed E-state index contributed by atoms with van der Waals surface area (Å²) in [6.07, 6.45) is 0. The van der Waals surface area contributed by atoms with Crippen LogP contribution in [0, 0.1) is 6.92 Å². The molecule has 3 N–H and O–H groups in total. The number of carbonyl (C=O) groups is 2. The molecule has 20 heavy (non-hydrogen) atoms. The number of aromatic carboxylic acids is 1. The Morgan fingerprint density at radius 1 is 1.40 bits per heavy atom. The molecule has 0 saturated carbocycles. The van der Waals surface area contributed by atoms with Crippen LogP contribution in [0.1, 0.15) is 15.9 Å². The van der Waals surface area contributed by atoms with Gasteiger partial charge in [-0.3, -0.25) is 4.79 Å². The van der Waals surface area contributed by atoms with Crippen molar-refractivity contribution in [1.29, 1.82) is 0 Å². The van der Waals surface area contributed by atoms with Gasteiger partial charge in [0, 0.05) is 12.1 Å². The van der Waals surface area contributed by atoms with E-state index in [2.05, 4.69) is 0 Å². The maximum Gasteiger partial charge on any atom is 0.336 e. The molecule has 9 heteroatoms. The van der Waals surface area contributed by atoms with Crippen LogP contribution in [0.4, 0.5) is 0 Å². The van der Waals surface area contributed by atoms with Crippen molar-refractivity contribution in [3.8, 4) is 0 Å². The summed E-state index contributed by atoms with van der Waals surface area (Å²) in [4.78, 5) is 21.6. The summed E-state index contributed by atoms with van der Waals surface area (Å²) in [5.74, 6) is -2.12. The molecular formula is C11H13ClN2O5S. The molecule has 0 aliphatic heterocycles. The third-order valence-corrected chi connectivity index (χ3v) is 4.77. The fourth-order valence-corrected chi connectivity index (χ4v) is 3.31. The van der Waals surface area contributed by atoms with Crippen molar-refractivity contribution < 1.29 is 23.1 Å². The minimum Gasteiger partial charge on any atom is -0.478 e. The molecule has 0 aromatic heterocycles. The molecule has 0 heterocycles. The number of hydrogen-bond donors (Lipinski definition) is 2. The van der Waals surface area contributed by atoms with Crippen LogP contribution in [0.3, 0.4) is 0 Å². The quantitative estimate of drug-likeness (QED) is 0.816. The summed E-state index contributed by atoms with van der Waals surface area (Å²) in [6.45, 7) is 0.835. The average molecular weight is 321 g/mol. The van der Waals surface area contributed by atoms with Crippen LogP contribution < -0.4 is 5.73 Å². The van der Waals surface area contributed by atoms with Crippen LogP contribution >= 0.6 is 11.6 Å². The lowest BCUT2D eigenvalue weighted by molar-refractivity contribution is -0.118. The van der Waals surface area contributed by atoms with E-state index in [1.165, 1.54) is 14.0 Å². The molecule has 0 saturated heterocycles. The second kappa shape index (κ2) is 5.78. The molecule has 0 fully saturated rings. The summed E-state index contributed by atoms with van der Waals surface area (Å²) in [5, 5.41) is 8.99. The highest BCUT2D eigenvalue weighted by molar-refractivity contribution is 7.89. The zero-order valence-corrected chi connectivity index (χ0v) is 12.3. The molecule has 0 unspecified atom stereocenters. The SMILES string of the molecule is Cc1c(C(=O)O)cc(Cl)cc1S(=O)(=O)N(C)CC(N)=O. The second-order valence-electron chi connectivity index (χ2n) is 4.11. The van der Waals surface area contributed by atoms with Gasteiger partial charge in [0.2, 0.25) is 15.9 Å². The van der Waals surface area contributed by atoms with Gasteiger partial charge in [-0.05, 0) is 24.6 Å². The first-order valence-electron chi connectivity index (χ1n) is 5.35. The zero-order valence-electron chi connectivity index (χ0n) is 10.8. The number of hydrogen-bond acceptors (Lipinski definition) is 4. The molecule has 1 aromatic rings. The largest absolute Gasteiger partial charge is 0.478 e. The smallest absolute Gasteiger partial charge is 0.336 e. The predicted octanol–water partition coefficient (Wildman–Crippen LogP) is 0.452. The normalized spacial score (nSPS) is 11.6. The van der Waals surface area contributed by atoms with Gasteiger partial charge in [0.05, 0.1) is 17.0 Å². The van der Waals surface area contributed by atoms with Crippen molar-refractivity contribution in [2.24, 2.45) is 5.73 Å². The summed E-state index contributed by atoms with van der Waals surface area (Å²) in [6, 6.07) is 2.29. The van der Waals surface area contributed by atoms with E-state index in [1.807, 2.05) is 0 Å². The maximum atomic E-state index is 12.3. The first-order chi connectivity index (χ1) is 9.07. The zero-order chi connectivity index (χ0) is 15.7. The van der Waals surface area contributed by atoms with Crippen molar-refractivity contribution in [3.05, 3.63) is 28.3 Å². The van der Waals surface area contributed by atoms with Gasteiger partial charge in [-0.1, -0.05) is 11.6 Å². The Balaban J connectivity index is 3.46. The van der Waals surface area contributed by atoms with Crippen molar-refractivity contribution in [1.82, 2.24) is 4.31 Å². The Bertz CT molecular complexity index is 672. The van der Waals surface area contributed by atoms with E-state index in [0.29, 0.717) is 0 Å². The number of sulfonamides is 1. The van der Waals surface area contributed by atoms with E-state index in [0.717, 1.165) is 16.4 Å². The number of likely N-dealkylation sites (N-methyl/N-ethyl adjacent to an activating group) is 1. The lowest BCUT2D eigenvalue weighted by atomic mass is 10.1. The first-order valence-corrected chi connectivity index (χ1v) is 7.17. The maximum absolute atomic E-state index is 12.3. The molecule has 1 rings (SSSR count). The summed E-state index contributed by atoms with van der Waals surface area (Å²) >= 11 is 5.74. The molecule has 0 aliphatic carbocycles. The Hall–Kier alpha value is -1.64. The Kier molecular flexibility index (Phi) is 4.74. The molecule has 0 spiro atoms. The number of rotatable bonds is 5. The van der Waals surface area contributed by atoms with Gasteiger partial charge in [0.25, 0.3) is 0 Å². The molecular weight excluding hydrogens is 308 g/mol. The van der Waals surface area contributed by atoms with Gasteiger partial charge < -0.3 is 10.8 Å². The van der Waals surface area contributed by atoms with Gasteiger partial charge >= 0.3 is 5.97 Å². The summed E-state index contributed by atoms with van der Waals surface area (Å²) in [7, 11) is -2.89. The number of amides is 1. The van der Waals surface area contributed by atoms with E-state index in [9.17, 15) is 18.0 Å². The topological polar surface area (TPSA) is 118 Å². The van der Waals surface area contributed by atoms with Gasteiger partial charge in [-0.15, -0.1) is 0 Å². The first kappa shape index (κ1) is 16.4.